The van der Waals surface area contributed by atoms with Crippen molar-refractivity contribution in [3.05, 3.63) is 35.9 Å². The van der Waals surface area contributed by atoms with Crippen LogP contribution in [-0.2, 0) is 6.54 Å². The SMILES string of the molecule is Cl[C@H]1[C@@H]2CC[C@H]1N(Cc1ccccc1)C2. The van der Waals surface area contributed by atoms with E-state index in [4.69, 9.17) is 11.6 Å². The summed E-state index contributed by atoms with van der Waals surface area (Å²) < 4.78 is 0. The quantitative estimate of drug-likeness (QED) is 0.695. The Balaban J connectivity index is 1.71. The fourth-order valence-corrected chi connectivity index (χ4v) is 3.52. The summed E-state index contributed by atoms with van der Waals surface area (Å²) in [6, 6.07) is 11.3. The zero-order valence-corrected chi connectivity index (χ0v) is 9.53. The first-order valence-electron chi connectivity index (χ1n) is 5.76. The number of nitrogens with zero attached hydrogens (tertiary/aromatic N) is 1. The molecule has 15 heavy (non-hydrogen) atoms. The molecule has 0 spiro atoms. The van der Waals surface area contributed by atoms with E-state index in [0.717, 1.165) is 12.5 Å². The number of rotatable bonds is 2. The minimum atomic E-state index is 0.411. The van der Waals surface area contributed by atoms with Crippen molar-refractivity contribution in [3.8, 4) is 0 Å². The Morgan fingerprint density at radius 2 is 2.00 bits per heavy atom. The third kappa shape index (κ3) is 1.68. The lowest BCUT2D eigenvalue weighted by Crippen LogP contribution is -2.32. The van der Waals surface area contributed by atoms with Crippen molar-refractivity contribution < 1.29 is 0 Å². The molecule has 2 aliphatic rings. The van der Waals surface area contributed by atoms with Gasteiger partial charge in [0.05, 0.1) is 5.38 Å². The number of alkyl halides is 1. The first-order valence-corrected chi connectivity index (χ1v) is 6.20. The van der Waals surface area contributed by atoms with Crippen molar-refractivity contribution in [1.29, 1.82) is 0 Å². The number of fused-ring (bicyclic) bond motifs is 2. The molecule has 3 rings (SSSR count). The molecule has 1 saturated carbocycles. The second kappa shape index (κ2) is 3.80. The molecule has 1 aliphatic carbocycles. The van der Waals surface area contributed by atoms with E-state index >= 15 is 0 Å². The Labute approximate surface area is 96.0 Å². The van der Waals surface area contributed by atoms with Crippen molar-refractivity contribution in [2.75, 3.05) is 6.54 Å². The number of piperidine rings is 1. The first kappa shape index (κ1) is 9.68. The van der Waals surface area contributed by atoms with Crippen molar-refractivity contribution in [3.63, 3.8) is 0 Å². The van der Waals surface area contributed by atoms with Crippen LogP contribution in [-0.4, -0.2) is 22.9 Å². The van der Waals surface area contributed by atoms with Crippen molar-refractivity contribution >= 4 is 11.6 Å². The lowest BCUT2D eigenvalue weighted by Gasteiger charge is -2.26. The Kier molecular flexibility index (Phi) is 2.45. The molecule has 1 heterocycles. The number of halogens is 1. The van der Waals surface area contributed by atoms with Crippen LogP contribution in [0.2, 0.25) is 0 Å². The molecule has 0 N–H and O–H groups in total. The average Bonchev–Trinajstić information content (AvgIpc) is 2.75. The van der Waals surface area contributed by atoms with Gasteiger partial charge in [-0.05, 0) is 24.3 Å². The van der Waals surface area contributed by atoms with Gasteiger partial charge in [0.1, 0.15) is 0 Å². The standard InChI is InChI=1S/C13H16ClN/c14-13-11-6-7-12(13)15(9-11)8-10-4-2-1-3-5-10/h1-5,11-13H,6-9H2/t11-,12-,13+/m1/s1. The Bertz CT molecular complexity index is 338. The zero-order valence-electron chi connectivity index (χ0n) is 8.77. The Hall–Kier alpha value is -0.530. The third-order valence-corrected chi connectivity index (χ3v) is 4.46. The molecule has 0 aromatic heterocycles. The summed E-state index contributed by atoms with van der Waals surface area (Å²) in [5.74, 6) is 0.750. The van der Waals surface area contributed by atoms with E-state index in [2.05, 4.69) is 35.2 Å². The predicted octanol–water partition coefficient (Wildman–Crippen LogP) is 2.89. The van der Waals surface area contributed by atoms with Crippen molar-refractivity contribution in [2.24, 2.45) is 5.92 Å². The van der Waals surface area contributed by atoms with Gasteiger partial charge in [-0.3, -0.25) is 4.90 Å². The van der Waals surface area contributed by atoms with Gasteiger partial charge in [0, 0.05) is 19.1 Å². The zero-order chi connectivity index (χ0) is 10.3. The topological polar surface area (TPSA) is 3.24 Å². The van der Waals surface area contributed by atoms with E-state index < -0.39 is 0 Å². The van der Waals surface area contributed by atoms with Gasteiger partial charge in [-0.25, -0.2) is 0 Å². The molecule has 2 heteroatoms. The highest BCUT2D eigenvalue weighted by molar-refractivity contribution is 6.21. The molecule has 2 bridgehead atoms. The average molecular weight is 222 g/mol. The van der Waals surface area contributed by atoms with E-state index in [1.54, 1.807) is 0 Å². The minimum Gasteiger partial charge on any atom is -0.294 e. The van der Waals surface area contributed by atoms with Gasteiger partial charge in [0.2, 0.25) is 0 Å². The fraction of sp³-hybridized carbons (Fsp3) is 0.538. The second-order valence-corrected chi connectivity index (χ2v) is 5.27. The normalized spacial score (nSPS) is 34.9. The minimum absolute atomic E-state index is 0.411. The van der Waals surface area contributed by atoms with Crippen molar-refractivity contribution in [1.82, 2.24) is 4.90 Å². The highest BCUT2D eigenvalue weighted by Gasteiger charge is 2.45. The molecule has 3 atom stereocenters. The summed E-state index contributed by atoms with van der Waals surface area (Å²) in [6.45, 7) is 2.28. The van der Waals surface area contributed by atoms with Gasteiger partial charge >= 0.3 is 0 Å². The molecule has 1 aliphatic heterocycles. The molecule has 1 aromatic rings. The summed E-state index contributed by atoms with van der Waals surface area (Å²) in [6.07, 6.45) is 2.63. The second-order valence-electron chi connectivity index (χ2n) is 4.76. The molecule has 0 radical (unpaired) electrons. The van der Waals surface area contributed by atoms with Gasteiger partial charge in [0.15, 0.2) is 0 Å². The fourth-order valence-electron chi connectivity index (χ4n) is 3.03. The van der Waals surface area contributed by atoms with Gasteiger partial charge in [-0.15, -0.1) is 11.6 Å². The van der Waals surface area contributed by atoms with Crippen LogP contribution in [0, 0.1) is 5.92 Å². The maximum absolute atomic E-state index is 6.39. The maximum Gasteiger partial charge on any atom is 0.0531 e. The molecule has 0 unspecified atom stereocenters. The first-order chi connectivity index (χ1) is 7.34. The van der Waals surface area contributed by atoms with Crippen LogP contribution in [0.3, 0.4) is 0 Å². The van der Waals surface area contributed by atoms with Gasteiger partial charge in [-0.2, -0.15) is 0 Å². The summed E-state index contributed by atoms with van der Waals surface area (Å²) in [5, 5.41) is 0.411. The van der Waals surface area contributed by atoms with Crippen LogP contribution in [0.5, 0.6) is 0 Å². The van der Waals surface area contributed by atoms with E-state index in [9.17, 15) is 0 Å². The molecule has 80 valence electrons. The van der Waals surface area contributed by atoms with E-state index in [0.29, 0.717) is 11.4 Å². The molecule has 1 nitrogen and oxygen atoms in total. The summed E-state index contributed by atoms with van der Waals surface area (Å²) >= 11 is 6.39. The lowest BCUT2D eigenvalue weighted by molar-refractivity contribution is 0.205. The third-order valence-electron chi connectivity index (χ3n) is 3.82. The highest BCUT2D eigenvalue weighted by Crippen LogP contribution is 2.41. The summed E-state index contributed by atoms with van der Waals surface area (Å²) in [4.78, 5) is 2.56. The number of benzene rings is 1. The number of hydrogen-bond donors (Lipinski definition) is 0. The number of likely N-dealkylation sites (tertiary alicyclic amines) is 1. The molecule has 0 amide bonds. The van der Waals surface area contributed by atoms with Crippen LogP contribution in [0.1, 0.15) is 18.4 Å². The Morgan fingerprint density at radius 1 is 1.20 bits per heavy atom. The predicted molar refractivity (Wildman–Crippen MR) is 63.0 cm³/mol. The van der Waals surface area contributed by atoms with Crippen LogP contribution < -0.4 is 0 Å². The van der Waals surface area contributed by atoms with Crippen LogP contribution >= 0.6 is 11.6 Å². The van der Waals surface area contributed by atoms with Crippen LogP contribution in [0.15, 0.2) is 30.3 Å². The largest absolute Gasteiger partial charge is 0.294 e. The molecular weight excluding hydrogens is 206 g/mol. The number of hydrogen-bond acceptors (Lipinski definition) is 1. The van der Waals surface area contributed by atoms with Gasteiger partial charge < -0.3 is 0 Å². The van der Waals surface area contributed by atoms with Gasteiger partial charge in [0.25, 0.3) is 0 Å². The highest BCUT2D eigenvalue weighted by atomic mass is 35.5. The van der Waals surface area contributed by atoms with Crippen LogP contribution in [0.4, 0.5) is 0 Å². The smallest absolute Gasteiger partial charge is 0.0531 e. The summed E-state index contributed by atoms with van der Waals surface area (Å²) in [5.41, 5.74) is 1.41. The monoisotopic (exact) mass is 221 g/mol. The van der Waals surface area contributed by atoms with E-state index in [1.165, 1.54) is 24.9 Å². The molecule has 1 aromatic carbocycles. The van der Waals surface area contributed by atoms with E-state index in [-0.39, 0.29) is 0 Å². The molecular formula is C13H16ClN. The maximum atomic E-state index is 6.39. The molecule has 2 fully saturated rings. The van der Waals surface area contributed by atoms with Gasteiger partial charge in [-0.1, -0.05) is 30.3 Å². The molecule has 1 saturated heterocycles. The summed E-state index contributed by atoms with van der Waals surface area (Å²) in [7, 11) is 0. The van der Waals surface area contributed by atoms with E-state index in [1.807, 2.05) is 0 Å². The Morgan fingerprint density at radius 3 is 2.60 bits per heavy atom. The lowest BCUT2D eigenvalue weighted by atomic mass is 10.1. The van der Waals surface area contributed by atoms with Crippen molar-refractivity contribution in [2.45, 2.75) is 30.8 Å². The van der Waals surface area contributed by atoms with Crippen LogP contribution in [0.25, 0.3) is 0 Å².